The lowest BCUT2D eigenvalue weighted by molar-refractivity contribution is -0.921. The minimum Gasteiger partial charge on any atom is -0.457 e. The average Bonchev–Trinajstić information content (AvgIpc) is 3.49. The van der Waals surface area contributed by atoms with Gasteiger partial charge in [0.25, 0.3) is 0 Å². The molecule has 1 aliphatic carbocycles. The molecule has 172 valence electrons. The van der Waals surface area contributed by atoms with Crippen LogP contribution in [0, 0.1) is 5.92 Å². The van der Waals surface area contributed by atoms with Crippen LogP contribution in [-0.2, 0) is 21.6 Å². The summed E-state index contributed by atoms with van der Waals surface area (Å²) in [5.41, 5.74) is 0.392. The fourth-order valence-corrected chi connectivity index (χ4v) is 5.77. The molecule has 1 N–H and O–H groups in total. The summed E-state index contributed by atoms with van der Waals surface area (Å²) in [5, 5.41) is 11.6. The zero-order valence-electron chi connectivity index (χ0n) is 19.3. The maximum absolute atomic E-state index is 13.3. The van der Waals surface area contributed by atoms with Crippen molar-refractivity contribution in [1.29, 1.82) is 0 Å². The molecule has 0 bridgehead atoms. The van der Waals surface area contributed by atoms with E-state index < -0.39 is 11.6 Å². The predicted molar refractivity (Wildman–Crippen MR) is 125 cm³/mol. The lowest BCUT2D eigenvalue weighted by Gasteiger charge is -2.37. The lowest BCUT2D eigenvalue weighted by Crippen LogP contribution is -2.52. The molecule has 0 amide bonds. The molecule has 1 aromatic carbocycles. The summed E-state index contributed by atoms with van der Waals surface area (Å²) in [6, 6.07) is 13.8. The number of rotatable bonds is 9. The minimum absolute atomic E-state index is 0.0682. The van der Waals surface area contributed by atoms with Crippen molar-refractivity contribution in [3.8, 4) is 0 Å². The Balaban J connectivity index is 1.38. The summed E-state index contributed by atoms with van der Waals surface area (Å²) >= 11 is 0. The first-order valence-electron chi connectivity index (χ1n) is 12.2. The number of likely N-dealkylation sites (tertiary alicyclic amines) is 1. The molecule has 3 atom stereocenters. The zero-order chi connectivity index (χ0) is 22.4. The van der Waals surface area contributed by atoms with Crippen LogP contribution in [0.3, 0.4) is 0 Å². The van der Waals surface area contributed by atoms with Crippen LogP contribution in [0.15, 0.2) is 54.9 Å². The smallest absolute Gasteiger partial charge is 0.343 e. The van der Waals surface area contributed by atoms with E-state index in [1.165, 1.54) is 5.56 Å². The second-order valence-corrected chi connectivity index (χ2v) is 9.90. The van der Waals surface area contributed by atoms with Gasteiger partial charge in [-0.15, -0.1) is 0 Å². The van der Waals surface area contributed by atoms with Gasteiger partial charge in [-0.2, -0.15) is 0 Å². The monoisotopic (exact) mass is 437 g/mol. The lowest BCUT2D eigenvalue weighted by atomic mass is 9.80. The van der Waals surface area contributed by atoms with Crippen molar-refractivity contribution in [2.24, 2.45) is 5.92 Å². The second-order valence-electron chi connectivity index (χ2n) is 9.90. The van der Waals surface area contributed by atoms with E-state index in [1.807, 2.05) is 48.8 Å². The Labute approximate surface area is 192 Å². The van der Waals surface area contributed by atoms with Crippen molar-refractivity contribution in [2.75, 3.05) is 26.7 Å². The Morgan fingerprint density at radius 3 is 2.62 bits per heavy atom. The Kier molecular flexibility index (Phi) is 7.27. The van der Waals surface area contributed by atoms with Crippen LogP contribution < -0.4 is 0 Å². The third-order valence-electron chi connectivity index (χ3n) is 7.82. The van der Waals surface area contributed by atoms with E-state index in [2.05, 4.69) is 18.1 Å². The van der Waals surface area contributed by atoms with E-state index in [1.54, 1.807) is 0 Å². The van der Waals surface area contributed by atoms with Gasteiger partial charge in [0, 0.05) is 37.6 Å². The standard InChI is InChI=1S/C27H37N2O3/c1-29(18-8-11-22-10-7-17-28-20-22)19-9-16-25(29)21-32-26(30)27(31,24-14-5-6-15-24)23-12-3-2-4-13-23/h2-4,7,10,12-13,17,20,24-25,31H,5-6,8-9,11,14-16,18-19,21H2,1H3/q+1/t25-,27?,29?/m1/s1. The van der Waals surface area contributed by atoms with E-state index in [0.717, 1.165) is 68.9 Å². The highest BCUT2D eigenvalue weighted by Gasteiger charge is 2.48. The van der Waals surface area contributed by atoms with Crippen LogP contribution >= 0.6 is 0 Å². The molecule has 2 aromatic rings. The number of pyridine rings is 1. The van der Waals surface area contributed by atoms with Crippen LogP contribution in [0.5, 0.6) is 0 Å². The molecule has 2 fully saturated rings. The number of aliphatic hydroxyl groups is 1. The molecule has 32 heavy (non-hydrogen) atoms. The molecule has 1 saturated carbocycles. The molecule has 1 saturated heterocycles. The highest BCUT2D eigenvalue weighted by molar-refractivity contribution is 5.81. The summed E-state index contributed by atoms with van der Waals surface area (Å²) in [6.07, 6.45) is 11.9. The first kappa shape index (κ1) is 22.9. The Morgan fingerprint density at radius 2 is 1.91 bits per heavy atom. The molecule has 5 heteroatoms. The second kappa shape index (κ2) is 10.1. The van der Waals surface area contributed by atoms with Gasteiger partial charge in [0.1, 0.15) is 12.6 Å². The number of nitrogens with zero attached hydrogens (tertiary/aromatic N) is 2. The summed E-state index contributed by atoms with van der Waals surface area (Å²) < 4.78 is 6.83. The largest absolute Gasteiger partial charge is 0.457 e. The van der Waals surface area contributed by atoms with E-state index in [4.69, 9.17) is 4.74 Å². The third-order valence-corrected chi connectivity index (χ3v) is 7.82. The van der Waals surface area contributed by atoms with Crippen LogP contribution in [-0.4, -0.2) is 53.3 Å². The zero-order valence-corrected chi connectivity index (χ0v) is 19.3. The van der Waals surface area contributed by atoms with Gasteiger partial charge in [-0.1, -0.05) is 49.2 Å². The molecular weight excluding hydrogens is 400 g/mol. The van der Waals surface area contributed by atoms with E-state index >= 15 is 0 Å². The average molecular weight is 438 g/mol. The van der Waals surface area contributed by atoms with E-state index in [9.17, 15) is 9.90 Å². The number of quaternary nitrogens is 1. The molecule has 5 nitrogen and oxygen atoms in total. The van der Waals surface area contributed by atoms with Crippen molar-refractivity contribution < 1.29 is 19.1 Å². The van der Waals surface area contributed by atoms with Gasteiger partial charge in [-0.05, 0) is 36.5 Å². The first-order chi connectivity index (χ1) is 15.5. The highest BCUT2D eigenvalue weighted by Crippen LogP contribution is 2.41. The minimum atomic E-state index is -1.54. The number of likely N-dealkylation sites (N-methyl/N-ethyl adjacent to an activating group) is 1. The fourth-order valence-electron chi connectivity index (χ4n) is 5.77. The molecule has 0 radical (unpaired) electrons. The fraction of sp³-hybridized carbons (Fsp3) is 0.556. The number of hydrogen-bond acceptors (Lipinski definition) is 4. The topological polar surface area (TPSA) is 59.4 Å². The molecule has 2 unspecified atom stereocenters. The number of carbonyl (C=O) groups excluding carboxylic acids is 1. The number of carbonyl (C=O) groups is 1. The summed E-state index contributed by atoms with van der Waals surface area (Å²) in [5.74, 6) is -0.536. The van der Waals surface area contributed by atoms with E-state index in [0.29, 0.717) is 12.2 Å². The number of benzene rings is 1. The third kappa shape index (κ3) is 4.89. The van der Waals surface area contributed by atoms with Crippen LogP contribution in [0.2, 0.25) is 0 Å². The van der Waals surface area contributed by atoms with Crippen LogP contribution in [0.4, 0.5) is 0 Å². The number of aryl methyl sites for hydroxylation is 1. The van der Waals surface area contributed by atoms with Gasteiger partial charge in [0.05, 0.1) is 20.1 Å². The Morgan fingerprint density at radius 1 is 1.12 bits per heavy atom. The van der Waals surface area contributed by atoms with Crippen molar-refractivity contribution in [1.82, 2.24) is 4.98 Å². The summed E-state index contributed by atoms with van der Waals surface area (Å²) in [4.78, 5) is 17.5. The highest BCUT2D eigenvalue weighted by atomic mass is 16.6. The molecule has 4 rings (SSSR count). The predicted octanol–water partition coefficient (Wildman–Crippen LogP) is 4.24. The molecule has 2 aliphatic rings. The molecule has 2 heterocycles. The van der Waals surface area contributed by atoms with Gasteiger partial charge in [-0.3, -0.25) is 4.98 Å². The van der Waals surface area contributed by atoms with Crippen LogP contribution in [0.1, 0.15) is 56.1 Å². The van der Waals surface area contributed by atoms with Gasteiger partial charge >= 0.3 is 5.97 Å². The molecule has 0 spiro atoms. The Hall–Kier alpha value is -2.24. The number of hydrogen-bond donors (Lipinski definition) is 1. The van der Waals surface area contributed by atoms with Crippen molar-refractivity contribution in [3.63, 3.8) is 0 Å². The summed E-state index contributed by atoms with van der Waals surface area (Å²) in [7, 11) is 2.29. The van der Waals surface area contributed by atoms with Crippen molar-refractivity contribution in [3.05, 3.63) is 66.0 Å². The quantitative estimate of drug-likeness (QED) is 0.471. The molecule has 1 aromatic heterocycles. The van der Waals surface area contributed by atoms with Crippen molar-refractivity contribution in [2.45, 2.75) is 63.0 Å². The van der Waals surface area contributed by atoms with Gasteiger partial charge in [0.15, 0.2) is 5.60 Å². The van der Waals surface area contributed by atoms with Gasteiger partial charge < -0.3 is 14.3 Å². The van der Waals surface area contributed by atoms with Crippen LogP contribution in [0.25, 0.3) is 0 Å². The molecular formula is C27H37N2O3+. The number of esters is 1. The normalized spacial score (nSPS) is 25.5. The SMILES string of the molecule is C[N+]1(CCCc2cccnc2)CCC[C@@H]1COC(=O)C(O)(c1ccccc1)C1CCCC1. The number of ether oxygens (including phenoxy) is 1. The Bertz CT molecular complexity index is 869. The maximum Gasteiger partial charge on any atom is 0.343 e. The van der Waals surface area contributed by atoms with Gasteiger partial charge in [0.2, 0.25) is 0 Å². The first-order valence-corrected chi connectivity index (χ1v) is 12.2. The maximum atomic E-state index is 13.3. The van der Waals surface area contributed by atoms with Gasteiger partial charge in [-0.25, -0.2) is 4.79 Å². The van der Waals surface area contributed by atoms with Crippen molar-refractivity contribution >= 4 is 5.97 Å². The number of aromatic nitrogens is 1. The molecule has 1 aliphatic heterocycles. The van der Waals surface area contributed by atoms with E-state index in [-0.39, 0.29) is 12.0 Å². The summed E-state index contributed by atoms with van der Waals surface area (Å²) in [6.45, 7) is 2.55.